The Kier molecular flexibility index (Phi) is 5.94. The summed E-state index contributed by atoms with van der Waals surface area (Å²) in [6.07, 6.45) is 0.742. The number of non-ortho nitro benzene ring substituents is 1. The average molecular weight is 360 g/mol. The Morgan fingerprint density at radius 1 is 0.815 bits per heavy atom. The third-order valence-corrected chi connectivity index (χ3v) is 4.34. The smallest absolute Gasteiger partial charge is 0.269 e. The minimum atomic E-state index is -0.467. The van der Waals surface area contributed by atoms with Crippen LogP contribution in [0.4, 0.5) is 5.69 Å². The van der Waals surface area contributed by atoms with Crippen molar-refractivity contribution >= 4 is 11.6 Å². The molecule has 0 aliphatic rings. The molecular formula is C22H20N2O3. The van der Waals surface area contributed by atoms with Crippen LogP contribution in [0.15, 0.2) is 84.9 Å². The summed E-state index contributed by atoms with van der Waals surface area (Å²) in [7, 11) is 0. The number of rotatable bonds is 7. The van der Waals surface area contributed by atoms with Gasteiger partial charge in [-0.05, 0) is 29.7 Å². The summed E-state index contributed by atoms with van der Waals surface area (Å²) in [6.45, 7) is 1.05. The second-order valence-corrected chi connectivity index (χ2v) is 6.25. The number of hydrogen-bond acceptors (Lipinski definition) is 3. The van der Waals surface area contributed by atoms with Crippen molar-refractivity contribution in [3.63, 3.8) is 0 Å². The zero-order valence-electron chi connectivity index (χ0n) is 14.8. The maximum Gasteiger partial charge on any atom is 0.269 e. The van der Waals surface area contributed by atoms with Gasteiger partial charge in [0.2, 0.25) is 0 Å². The molecule has 5 nitrogen and oxygen atoms in total. The van der Waals surface area contributed by atoms with Gasteiger partial charge in [-0.25, -0.2) is 0 Å². The zero-order chi connectivity index (χ0) is 19.1. The van der Waals surface area contributed by atoms with Crippen molar-refractivity contribution in [2.45, 2.75) is 13.0 Å². The first-order valence-corrected chi connectivity index (χ1v) is 8.75. The van der Waals surface area contributed by atoms with Crippen LogP contribution in [0.25, 0.3) is 0 Å². The second kappa shape index (κ2) is 8.76. The summed E-state index contributed by atoms with van der Waals surface area (Å²) < 4.78 is 0. The van der Waals surface area contributed by atoms with Gasteiger partial charge in [-0.15, -0.1) is 0 Å². The Bertz CT molecular complexity index is 894. The van der Waals surface area contributed by atoms with E-state index in [4.69, 9.17) is 0 Å². The minimum absolute atomic E-state index is 0.0227. The molecule has 0 radical (unpaired) electrons. The number of benzene rings is 3. The van der Waals surface area contributed by atoms with Gasteiger partial charge in [0.15, 0.2) is 0 Å². The first-order chi connectivity index (χ1) is 13.1. The second-order valence-electron chi connectivity index (χ2n) is 6.25. The van der Waals surface area contributed by atoms with Crippen molar-refractivity contribution in [2.24, 2.45) is 0 Å². The molecule has 0 atom stereocenters. The third-order valence-electron chi connectivity index (χ3n) is 4.34. The molecule has 0 spiro atoms. The first-order valence-electron chi connectivity index (χ1n) is 8.75. The van der Waals surface area contributed by atoms with Gasteiger partial charge in [-0.3, -0.25) is 14.9 Å². The highest BCUT2D eigenvalue weighted by atomic mass is 16.6. The maximum atomic E-state index is 13.0. The van der Waals surface area contributed by atoms with E-state index >= 15 is 0 Å². The molecule has 27 heavy (non-hydrogen) atoms. The molecule has 3 aromatic carbocycles. The van der Waals surface area contributed by atoms with Gasteiger partial charge < -0.3 is 4.90 Å². The van der Waals surface area contributed by atoms with Crippen molar-refractivity contribution < 1.29 is 9.72 Å². The van der Waals surface area contributed by atoms with Crippen molar-refractivity contribution in [3.05, 3.63) is 112 Å². The van der Waals surface area contributed by atoms with Crippen LogP contribution in [-0.2, 0) is 13.0 Å². The van der Waals surface area contributed by atoms with E-state index in [9.17, 15) is 14.9 Å². The van der Waals surface area contributed by atoms with E-state index in [1.807, 2.05) is 60.7 Å². The van der Waals surface area contributed by atoms with E-state index in [1.54, 1.807) is 4.90 Å². The van der Waals surface area contributed by atoms with Crippen LogP contribution in [0.2, 0.25) is 0 Å². The van der Waals surface area contributed by atoms with Crippen LogP contribution >= 0.6 is 0 Å². The van der Waals surface area contributed by atoms with Gasteiger partial charge in [-0.1, -0.05) is 60.7 Å². The lowest BCUT2D eigenvalue weighted by molar-refractivity contribution is -0.384. The molecule has 136 valence electrons. The molecule has 3 rings (SSSR count). The van der Waals surface area contributed by atoms with Gasteiger partial charge in [-0.2, -0.15) is 0 Å². The Labute approximate surface area is 158 Å². The molecule has 0 N–H and O–H groups in total. The fraction of sp³-hybridized carbons (Fsp3) is 0.136. The minimum Gasteiger partial charge on any atom is -0.334 e. The number of hydrogen-bond donors (Lipinski definition) is 0. The van der Waals surface area contributed by atoms with E-state index in [-0.39, 0.29) is 11.6 Å². The van der Waals surface area contributed by atoms with E-state index in [0.29, 0.717) is 18.7 Å². The Morgan fingerprint density at radius 3 is 1.93 bits per heavy atom. The molecule has 0 aliphatic heterocycles. The SMILES string of the molecule is O=C(c1ccc([N+](=O)[O-])cc1)N(CCc1ccccc1)Cc1ccccc1. The molecule has 0 aliphatic carbocycles. The van der Waals surface area contributed by atoms with E-state index in [1.165, 1.54) is 24.3 Å². The monoisotopic (exact) mass is 360 g/mol. The summed E-state index contributed by atoms with van der Waals surface area (Å²) in [6, 6.07) is 25.6. The molecule has 0 fully saturated rings. The van der Waals surface area contributed by atoms with Crippen molar-refractivity contribution in [3.8, 4) is 0 Å². The molecule has 0 unspecified atom stereocenters. The van der Waals surface area contributed by atoms with Gasteiger partial charge in [0.1, 0.15) is 0 Å². The lowest BCUT2D eigenvalue weighted by Crippen LogP contribution is -2.32. The van der Waals surface area contributed by atoms with Gasteiger partial charge in [0.25, 0.3) is 11.6 Å². The average Bonchev–Trinajstić information content (AvgIpc) is 2.72. The maximum absolute atomic E-state index is 13.0. The first kappa shape index (κ1) is 18.3. The third kappa shape index (κ3) is 5.01. The molecule has 0 saturated carbocycles. The molecule has 0 bridgehead atoms. The van der Waals surface area contributed by atoms with Gasteiger partial charge >= 0.3 is 0 Å². The highest BCUT2D eigenvalue weighted by Crippen LogP contribution is 2.16. The number of nitrogens with zero attached hydrogens (tertiary/aromatic N) is 2. The number of nitro groups is 1. The van der Waals surface area contributed by atoms with Crippen LogP contribution < -0.4 is 0 Å². The lowest BCUT2D eigenvalue weighted by atomic mass is 10.1. The van der Waals surface area contributed by atoms with Gasteiger partial charge in [0, 0.05) is 30.8 Å². The topological polar surface area (TPSA) is 63.4 Å². The fourth-order valence-electron chi connectivity index (χ4n) is 2.87. The molecule has 3 aromatic rings. The Hall–Kier alpha value is -3.47. The molecule has 1 amide bonds. The molecule has 0 heterocycles. The number of carbonyl (C=O) groups excluding carboxylic acids is 1. The summed E-state index contributed by atoms with van der Waals surface area (Å²) in [5.74, 6) is -0.135. The van der Waals surface area contributed by atoms with Crippen LogP contribution in [-0.4, -0.2) is 22.3 Å². The molecular weight excluding hydrogens is 340 g/mol. The van der Waals surface area contributed by atoms with Crippen LogP contribution in [0, 0.1) is 10.1 Å². The van der Waals surface area contributed by atoms with E-state index < -0.39 is 4.92 Å². The zero-order valence-corrected chi connectivity index (χ0v) is 14.8. The summed E-state index contributed by atoms with van der Waals surface area (Å²) in [4.78, 5) is 25.1. The fourth-order valence-corrected chi connectivity index (χ4v) is 2.87. The Balaban J connectivity index is 1.78. The lowest BCUT2D eigenvalue weighted by Gasteiger charge is -2.23. The number of carbonyl (C=O) groups is 1. The summed E-state index contributed by atoms with van der Waals surface area (Å²) in [5, 5.41) is 10.8. The number of nitro benzene ring substituents is 1. The highest BCUT2D eigenvalue weighted by Gasteiger charge is 2.17. The molecule has 0 saturated heterocycles. The van der Waals surface area contributed by atoms with Crippen molar-refractivity contribution in [1.82, 2.24) is 4.90 Å². The van der Waals surface area contributed by atoms with Crippen LogP contribution in [0.3, 0.4) is 0 Å². The van der Waals surface area contributed by atoms with Crippen molar-refractivity contribution in [1.29, 1.82) is 0 Å². The predicted octanol–water partition coefficient (Wildman–Crippen LogP) is 4.48. The van der Waals surface area contributed by atoms with Crippen LogP contribution in [0.5, 0.6) is 0 Å². The van der Waals surface area contributed by atoms with E-state index in [0.717, 1.165) is 17.5 Å². The van der Waals surface area contributed by atoms with E-state index in [2.05, 4.69) is 0 Å². The molecule has 0 aromatic heterocycles. The van der Waals surface area contributed by atoms with Gasteiger partial charge in [0.05, 0.1) is 4.92 Å². The normalized spacial score (nSPS) is 10.4. The molecule has 5 heteroatoms. The summed E-state index contributed by atoms with van der Waals surface area (Å²) >= 11 is 0. The Morgan fingerprint density at radius 2 is 1.37 bits per heavy atom. The standard InChI is InChI=1S/C22H20N2O3/c25-22(20-11-13-21(14-12-20)24(26)27)23(17-19-9-5-2-6-10-19)16-15-18-7-3-1-4-8-18/h1-14H,15-17H2. The highest BCUT2D eigenvalue weighted by molar-refractivity contribution is 5.94. The predicted molar refractivity (Wildman–Crippen MR) is 104 cm³/mol. The number of amides is 1. The van der Waals surface area contributed by atoms with Crippen LogP contribution in [0.1, 0.15) is 21.5 Å². The summed E-state index contributed by atoms with van der Waals surface area (Å²) in [5.41, 5.74) is 2.63. The largest absolute Gasteiger partial charge is 0.334 e. The van der Waals surface area contributed by atoms with Crippen molar-refractivity contribution in [2.75, 3.05) is 6.54 Å². The quantitative estimate of drug-likeness (QED) is 0.461.